The number of ether oxygens (including phenoxy) is 2. The summed E-state index contributed by atoms with van der Waals surface area (Å²) in [6.45, 7) is 5.37. The molecule has 4 rings (SSSR count). The molecule has 0 bridgehead atoms. The molecule has 7 heteroatoms. The number of epoxide rings is 2. The molecule has 3 N–H and O–H groups in total. The van der Waals surface area contributed by atoms with Crippen molar-refractivity contribution in [3.8, 4) is 0 Å². The average molecular weight is 297 g/mol. The fourth-order valence-electron chi connectivity index (χ4n) is 3.74. The van der Waals surface area contributed by atoms with Gasteiger partial charge in [0.05, 0.1) is 18.4 Å². The van der Waals surface area contributed by atoms with Gasteiger partial charge in [-0.05, 0) is 20.0 Å². The summed E-state index contributed by atoms with van der Waals surface area (Å²) in [4.78, 5) is 4.66. The Morgan fingerprint density at radius 3 is 2.90 bits per heavy atom. The molecule has 4 saturated heterocycles. The van der Waals surface area contributed by atoms with Gasteiger partial charge < -0.3 is 9.47 Å². The molecular formula is C14H27N5O2. The number of likely N-dealkylation sites (N-methyl/N-ethyl adjacent to an activating group) is 2. The SMILES string of the molecule is CCC(C)C1OC1NC1NC2OC2N(C)C2NCN(C)C12. The maximum Gasteiger partial charge on any atom is 0.154 e. The van der Waals surface area contributed by atoms with Gasteiger partial charge in [0.1, 0.15) is 12.3 Å². The third kappa shape index (κ3) is 2.41. The number of nitrogens with zero attached hydrogens (tertiary/aromatic N) is 2. The van der Waals surface area contributed by atoms with Crippen LogP contribution in [0.2, 0.25) is 0 Å². The van der Waals surface area contributed by atoms with Gasteiger partial charge in [0.2, 0.25) is 0 Å². The van der Waals surface area contributed by atoms with Crippen molar-refractivity contribution in [3.05, 3.63) is 0 Å². The van der Waals surface area contributed by atoms with Crippen LogP contribution < -0.4 is 16.0 Å². The van der Waals surface area contributed by atoms with Crippen molar-refractivity contribution in [2.75, 3.05) is 20.8 Å². The Bertz CT molecular complexity index is 411. The van der Waals surface area contributed by atoms with E-state index < -0.39 is 0 Å². The first-order valence-electron chi connectivity index (χ1n) is 8.08. The van der Waals surface area contributed by atoms with Crippen LogP contribution in [0.15, 0.2) is 0 Å². The van der Waals surface area contributed by atoms with E-state index in [4.69, 9.17) is 9.47 Å². The Morgan fingerprint density at radius 2 is 2.14 bits per heavy atom. The van der Waals surface area contributed by atoms with Gasteiger partial charge in [-0.3, -0.25) is 25.8 Å². The number of hydrogen-bond acceptors (Lipinski definition) is 7. The van der Waals surface area contributed by atoms with Gasteiger partial charge in [0.25, 0.3) is 0 Å². The van der Waals surface area contributed by atoms with Crippen molar-refractivity contribution < 1.29 is 9.47 Å². The molecular weight excluding hydrogens is 270 g/mol. The lowest BCUT2D eigenvalue weighted by molar-refractivity contribution is 0.0834. The van der Waals surface area contributed by atoms with Gasteiger partial charge in [-0.2, -0.15) is 0 Å². The van der Waals surface area contributed by atoms with E-state index >= 15 is 0 Å². The minimum atomic E-state index is 0.133. The molecule has 0 aromatic rings. The fraction of sp³-hybridized carbons (Fsp3) is 1.00. The molecule has 4 aliphatic heterocycles. The first-order chi connectivity index (χ1) is 10.1. The zero-order chi connectivity index (χ0) is 14.7. The van der Waals surface area contributed by atoms with E-state index in [1.54, 1.807) is 0 Å². The molecule has 4 aliphatic rings. The Morgan fingerprint density at radius 1 is 1.33 bits per heavy atom. The lowest BCUT2D eigenvalue weighted by Crippen LogP contribution is -2.60. The molecule has 0 aromatic heterocycles. The normalized spacial score (nSPS) is 51.1. The van der Waals surface area contributed by atoms with E-state index in [0.29, 0.717) is 24.2 Å². The summed E-state index contributed by atoms with van der Waals surface area (Å²) in [7, 11) is 4.30. The molecule has 7 nitrogen and oxygen atoms in total. The Labute approximate surface area is 126 Å². The zero-order valence-corrected chi connectivity index (χ0v) is 13.2. The molecule has 0 aromatic carbocycles. The monoisotopic (exact) mass is 297 g/mol. The molecule has 8 unspecified atom stereocenters. The Hall–Kier alpha value is -0.280. The van der Waals surface area contributed by atoms with Crippen molar-refractivity contribution in [3.63, 3.8) is 0 Å². The second-order valence-corrected chi connectivity index (χ2v) is 6.89. The van der Waals surface area contributed by atoms with Gasteiger partial charge in [-0.25, -0.2) is 0 Å². The molecule has 0 saturated carbocycles. The van der Waals surface area contributed by atoms with E-state index in [1.807, 2.05) is 0 Å². The molecule has 120 valence electrons. The lowest BCUT2D eigenvalue weighted by Gasteiger charge is -2.34. The first-order valence-corrected chi connectivity index (χ1v) is 8.08. The van der Waals surface area contributed by atoms with Crippen molar-refractivity contribution in [2.24, 2.45) is 5.92 Å². The Kier molecular flexibility index (Phi) is 3.50. The third-order valence-electron chi connectivity index (χ3n) is 5.45. The van der Waals surface area contributed by atoms with Gasteiger partial charge in [-0.15, -0.1) is 0 Å². The van der Waals surface area contributed by atoms with E-state index in [-0.39, 0.29) is 24.8 Å². The highest BCUT2D eigenvalue weighted by Gasteiger charge is 2.56. The fourth-order valence-corrected chi connectivity index (χ4v) is 3.74. The highest BCUT2D eigenvalue weighted by Crippen LogP contribution is 2.34. The smallest absolute Gasteiger partial charge is 0.154 e. The summed E-state index contributed by atoms with van der Waals surface area (Å²) in [5.41, 5.74) is 0. The van der Waals surface area contributed by atoms with Crippen LogP contribution in [0.1, 0.15) is 20.3 Å². The van der Waals surface area contributed by atoms with Crippen LogP contribution in [0.5, 0.6) is 0 Å². The topological polar surface area (TPSA) is 67.6 Å². The number of fused-ring (bicyclic) bond motifs is 2. The predicted octanol–water partition coefficient (Wildman–Crippen LogP) is -0.922. The maximum atomic E-state index is 5.83. The van der Waals surface area contributed by atoms with E-state index in [9.17, 15) is 0 Å². The number of rotatable bonds is 4. The molecule has 0 radical (unpaired) electrons. The van der Waals surface area contributed by atoms with Crippen molar-refractivity contribution in [1.82, 2.24) is 25.8 Å². The van der Waals surface area contributed by atoms with Crippen LogP contribution in [0, 0.1) is 5.92 Å². The summed E-state index contributed by atoms with van der Waals surface area (Å²) < 4.78 is 11.5. The summed E-state index contributed by atoms with van der Waals surface area (Å²) >= 11 is 0. The Balaban J connectivity index is 1.46. The van der Waals surface area contributed by atoms with E-state index in [1.165, 1.54) is 0 Å². The largest absolute Gasteiger partial charge is 0.353 e. The average Bonchev–Trinajstić information content (AvgIpc) is 3.36. The van der Waals surface area contributed by atoms with Crippen LogP contribution >= 0.6 is 0 Å². The zero-order valence-electron chi connectivity index (χ0n) is 13.2. The lowest BCUT2D eigenvalue weighted by atomic mass is 10.0. The third-order valence-corrected chi connectivity index (χ3v) is 5.45. The molecule has 0 aliphatic carbocycles. The van der Waals surface area contributed by atoms with Crippen LogP contribution in [0.4, 0.5) is 0 Å². The second-order valence-electron chi connectivity index (χ2n) is 6.89. The minimum absolute atomic E-state index is 0.133. The highest BCUT2D eigenvalue weighted by atomic mass is 16.6. The summed E-state index contributed by atoms with van der Waals surface area (Å²) in [6, 6.07) is 0.369. The van der Waals surface area contributed by atoms with Gasteiger partial charge in [0.15, 0.2) is 12.5 Å². The first kappa shape index (κ1) is 14.3. The van der Waals surface area contributed by atoms with Gasteiger partial charge in [0, 0.05) is 6.67 Å². The molecule has 0 spiro atoms. The molecule has 4 fully saturated rings. The summed E-state index contributed by atoms with van der Waals surface area (Å²) in [5.74, 6) is 0.608. The van der Waals surface area contributed by atoms with Crippen LogP contribution in [0.25, 0.3) is 0 Å². The van der Waals surface area contributed by atoms with Crippen molar-refractivity contribution in [2.45, 2.75) is 63.4 Å². The highest BCUT2D eigenvalue weighted by molar-refractivity contribution is 5.04. The number of hydrogen-bond donors (Lipinski definition) is 3. The van der Waals surface area contributed by atoms with Crippen molar-refractivity contribution in [1.29, 1.82) is 0 Å². The van der Waals surface area contributed by atoms with Crippen LogP contribution in [-0.4, -0.2) is 73.7 Å². The quantitative estimate of drug-likeness (QED) is 0.580. The van der Waals surface area contributed by atoms with Crippen LogP contribution in [0.3, 0.4) is 0 Å². The predicted molar refractivity (Wildman–Crippen MR) is 77.9 cm³/mol. The van der Waals surface area contributed by atoms with E-state index in [2.05, 4.69) is 53.7 Å². The molecule has 4 heterocycles. The van der Waals surface area contributed by atoms with Gasteiger partial charge in [-0.1, -0.05) is 20.3 Å². The molecule has 21 heavy (non-hydrogen) atoms. The van der Waals surface area contributed by atoms with E-state index in [0.717, 1.165) is 13.1 Å². The van der Waals surface area contributed by atoms with Crippen molar-refractivity contribution >= 4 is 0 Å². The summed E-state index contributed by atoms with van der Waals surface area (Å²) in [5, 5.41) is 10.8. The standard InChI is InChI=1S/C14H27N5O2/c1-5-7(2)9-12(20-9)16-10-8-11(15-6-18(8)3)19(4)14-13(17-10)21-14/h7-17H,5-6H2,1-4H3. The minimum Gasteiger partial charge on any atom is -0.353 e. The second kappa shape index (κ2) is 5.13. The maximum absolute atomic E-state index is 5.83. The van der Waals surface area contributed by atoms with Crippen LogP contribution in [-0.2, 0) is 9.47 Å². The molecule has 0 amide bonds. The summed E-state index contributed by atoms with van der Waals surface area (Å²) in [6.07, 6.45) is 2.49. The van der Waals surface area contributed by atoms with Gasteiger partial charge >= 0.3 is 0 Å². The molecule has 8 atom stereocenters. The number of nitrogens with one attached hydrogen (secondary N) is 3.